The molecule has 126 valence electrons. The van der Waals surface area contributed by atoms with E-state index in [1.54, 1.807) is 0 Å². The Morgan fingerprint density at radius 2 is 1.82 bits per heavy atom. The quantitative estimate of drug-likeness (QED) is 0.757. The van der Waals surface area contributed by atoms with Crippen molar-refractivity contribution >= 4 is 11.9 Å². The highest BCUT2D eigenvalue weighted by Gasteiger charge is 2.41. The number of carboxylic acids is 1. The van der Waals surface area contributed by atoms with Crippen molar-refractivity contribution in [1.29, 1.82) is 0 Å². The number of amides is 1. The average molecular weight is 310 g/mol. The normalized spacial score (nSPS) is 26.0. The van der Waals surface area contributed by atoms with Crippen LogP contribution in [0.15, 0.2) is 0 Å². The molecule has 0 radical (unpaired) electrons. The number of likely N-dealkylation sites (N-methyl/N-ethyl adjacent to an activating group) is 1. The monoisotopic (exact) mass is 310 g/mol. The first-order valence-electron chi connectivity index (χ1n) is 8.61. The molecule has 0 aromatic carbocycles. The van der Waals surface area contributed by atoms with Gasteiger partial charge in [0.15, 0.2) is 0 Å². The number of aliphatic carboxylic acids is 1. The van der Waals surface area contributed by atoms with Gasteiger partial charge in [-0.1, -0.05) is 33.6 Å². The van der Waals surface area contributed by atoms with Crippen LogP contribution in [0.1, 0.15) is 59.3 Å². The third-order valence-corrected chi connectivity index (χ3v) is 5.67. The molecule has 0 aliphatic heterocycles. The maximum atomic E-state index is 12.6. The number of nitrogens with zero attached hydrogens (tertiary/aromatic N) is 1. The molecule has 2 aliphatic carbocycles. The molecule has 1 amide bonds. The molecule has 0 unspecified atom stereocenters. The van der Waals surface area contributed by atoms with E-state index in [0.29, 0.717) is 12.0 Å². The van der Waals surface area contributed by atoms with Gasteiger partial charge in [0.1, 0.15) is 0 Å². The van der Waals surface area contributed by atoms with Crippen molar-refractivity contribution in [3.05, 3.63) is 0 Å². The van der Waals surface area contributed by atoms with E-state index in [9.17, 15) is 9.59 Å². The summed E-state index contributed by atoms with van der Waals surface area (Å²) in [5.74, 6) is -0.108. The Labute approximate surface area is 133 Å². The summed E-state index contributed by atoms with van der Waals surface area (Å²) in [5.41, 5.74) is -0.285. The van der Waals surface area contributed by atoms with Crippen LogP contribution in [-0.4, -0.2) is 47.1 Å². The summed E-state index contributed by atoms with van der Waals surface area (Å²) in [4.78, 5) is 25.4. The molecule has 2 N–H and O–H groups in total. The Morgan fingerprint density at radius 1 is 1.23 bits per heavy atom. The lowest BCUT2D eigenvalue weighted by molar-refractivity contribution is -0.140. The molecular weight excluding hydrogens is 280 g/mol. The zero-order valence-corrected chi connectivity index (χ0v) is 14.1. The van der Waals surface area contributed by atoms with E-state index in [1.165, 1.54) is 12.8 Å². The SMILES string of the molecule is CCN(CC(=O)O)C1CC(NC(=O)C(C)(C)C2CCCC2)C1. The first kappa shape index (κ1) is 17.3. The van der Waals surface area contributed by atoms with Crippen molar-refractivity contribution in [3.8, 4) is 0 Å². The van der Waals surface area contributed by atoms with E-state index in [-0.39, 0.29) is 23.9 Å². The summed E-state index contributed by atoms with van der Waals surface area (Å²) in [5, 5.41) is 12.1. The van der Waals surface area contributed by atoms with Crippen molar-refractivity contribution in [1.82, 2.24) is 10.2 Å². The van der Waals surface area contributed by atoms with Gasteiger partial charge >= 0.3 is 5.97 Å². The second-order valence-electron chi connectivity index (χ2n) is 7.46. The number of carboxylic acid groups (broad SMARTS) is 1. The van der Waals surface area contributed by atoms with Crippen LogP contribution < -0.4 is 5.32 Å². The summed E-state index contributed by atoms with van der Waals surface area (Å²) < 4.78 is 0. The maximum Gasteiger partial charge on any atom is 0.317 e. The van der Waals surface area contributed by atoms with E-state index in [1.807, 2.05) is 11.8 Å². The van der Waals surface area contributed by atoms with Gasteiger partial charge in [0.05, 0.1) is 6.54 Å². The fraction of sp³-hybridized carbons (Fsp3) is 0.882. The molecule has 0 aromatic rings. The van der Waals surface area contributed by atoms with Crippen LogP contribution in [0.4, 0.5) is 0 Å². The Bertz CT molecular complexity index is 410. The van der Waals surface area contributed by atoms with Gasteiger partial charge in [0, 0.05) is 17.5 Å². The molecule has 2 rings (SSSR count). The summed E-state index contributed by atoms with van der Waals surface area (Å²) in [7, 11) is 0. The lowest BCUT2D eigenvalue weighted by Crippen LogP contribution is -2.57. The second-order valence-corrected chi connectivity index (χ2v) is 7.46. The van der Waals surface area contributed by atoms with E-state index >= 15 is 0 Å². The molecule has 5 heteroatoms. The largest absolute Gasteiger partial charge is 0.480 e. The van der Waals surface area contributed by atoms with Crippen LogP contribution in [0.2, 0.25) is 0 Å². The lowest BCUT2D eigenvalue weighted by atomic mass is 9.76. The number of carbonyl (C=O) groups excluding carboxylic acids is 1. The van der Waals surface area contributed by atoms with Crippen LogP contribution in [-0.2, 0) is 9.59 Å². The highest BCUT2D eigenvalue weighted by Crippen LogP contribution is 2.40. The highest BCUT2D eigenvalue weighted by molar-refractivity contribution is 5.82. The van der Waals surface area contributed by atoms with Gasteiger partial charge in [-0.05, 0) is 38.1 Å². The third kappa shape index (κ3) is 3.80. The topological polar surface area (TPSA) is 69.6 Å². The standard InChI is InChI=1S/C17H30N2O3/c1-4-19(11-15(20)21)14-9-13(10-14)18-16(22)17(2,3)12-7-5-6-8-12/h12-14H,4-11H2,1-3H3,(H,18,22)(H,20,21). The van der Waals surface area contributed by atoms with E-state index in [0.717, 1.165) is 32.2 Å². The van der Waals surface area contributed by atoms with Gasteiger partial charge in [-0.3, -0.25) is 14.5 Å². The molecule has 0 bridgehead atoms. The zero-order valence-electron chi connectivity index (χ0n) is 14.1. The van der Waals surface area contributed by atoms with E-state index in [2.05, 4.69) is 19.2 Å². The predicted molar refractivity (Wildman–Crippen MR) is 85.6 cm³/mol. The van der Waals surface area contributed by atoms with E-state index < -0.39 is 5.97 Å². The molecule has 0 aromatic heterocycles. The Hall–Kier alpha value is -1.10. The number of rotatable bonds is 7. The van der Waals surface area contributed by atoms with Gasteiger partial charge in [0.25, 0.3) is 0 Å². The van der Waals surface area contributed by atoms with Crippen molar-refractivity contribution < 1.29 is 14.7 Å². The summed E-state index contributed by atoms with van der Waals surface area (Å²) >= 11 is 0. The first-order chi connectivity index (χ1) is 10.3. The van der Waals surface area contributed by atoms with Gasteiger partial charge < -0.3 is 10.4 Å². The fourth-order valence-corrected chi connectivity index (χ4v) is 3.88. The van der Waals surface area contributed by atoms with Crippen molar-refractivity contribution in [2.75, 3.05) is 13.1 Å². The maximum absolute atomic E-state index is 12.6. The van der Waals surface area contributed by atoms with Crippen LogP contribution in [0.5, 0.6) is 0 Å². The Morgan fingerprint density at radius 3 is 2.32 bits per heavy atom. The average Bonchev–Trinajstić information content (AvgIpc) is 2.94. The van der Waals surface area contributed by atoms with Crippen LogP contribution >= 0.6 is 0 Å². The fourth-order valence-electron chi connectivity index (χ4n) is 3.88. The van der Waals surface area contributed by atoms with Crippen molar-refractivity contribution in [2.45, 2.75) is 71.4 Å². The van der Waals surface area contributed by atoms with Crippen LogP contribution in [0, 0.1) is 11.3 Å². The van der Waals surface area contributed by atoms with Crippen molar-refractivity contribution in [2.24, 2.45) is 11.3 Å². The zero-order chi connectivity index (χ0) is 16.3. The first-order valence-corrected chi connectivity index (χ1v) is 8.61. The van der Waals surface area contributed by atoms with E-state index in [4.69, 9.17) is 5.11 Å². The minimum atomic E-state index is -0.781. The molecular formula is C17H30N2O3. The summed E-state index contributed by atoms with van der Waals surface area (Å²) in [6, 6.07) is 0.502. The number of hydrogen-bond acceptors (Lipinski definition) is 3. The summed E-state index contributed by atoms with van der Waals surface area (Å²) in [6.07, 6.45) is 6.55. The minimum Gasteiger partial charge on any atom is -0.480 e. The van der Waals surface area contributed by atoms with Gasteiger partial charge in [-0.2, -0.15) is 0 Å². The molecule has 0 heterocycles. The number of nitrogens with one attached hydrogen (secondary N) is 1. The molecule has 0 atom stereocenters. The minimum absolute atomic E-state index is 0.0927. The molecule has 2 fully saturated rings. The van der Waals surface area contributed by atoms with Gasteiger partial charge in [0.2, 0.25) is 5.91 Å². The van der Waals surface area contributed by atoms with Gasteiger partial charge in [-0.25, -0.2) is 0 Å². The van der Waals surface area contributed by atoms with Crippen molar-refractivity contribution in [3.63, 3.8) is 0 Å². The lowest BCUT2D eigenvalue weighted by Gasteiger charge is -2.43. The van der Waals surface area contributed by atoms with Crippen LogP contribution in [0.25, 0.3) is 0 Å². The predicted octanol–water partition coefficient (Wildman–Crippen LogP) is 2.26. The Kier molecular flexibility index (Phi) is 5.48. The Balaban J connectivity index is 1.79. The summed E-state index contributed by atoms with van der Waals surface area (Å²) in [6.45, 7) is 6.95. The van der Waals surface area contributed by atoms with Gasteiger partial charge in [-0.15, -0.1) is 0 Å². The third-order valence-electron chi connectivity index (χ3n) is 5.67. The molecule has 0 spiro atoms. The number of carbonyl (C=O) groups is 2. The highest BCUT2D eigenvalue weighted by atomic mass is 16.4. The van der Waals surface area contributed by atoms with Crippen LogP contribution in [0.3, 0.4) is 0 Å². The second kappa shape index (κ2) is 6.99. The molecule has 22 heavy (non-hydrogen) atoms. The molecule has 5 nitrogen and oxygen atoms in total. The number of hydrogen-bond donors (Lipinski definition) is 2. The smallest absolute Gasteiger partial charge is 0.317 e. The molecule has 2 aliphatic rings. The molecule has 0 saturated heterocycles. The molecule has 2 saturated carbocycles.